The lowest BCUT2D eigenvalue weighted by Gasteiger charge is -2.18. The van der Waals surface area contributed by atoms with E-state index >= 15 is 0 Å². The van der Waals surface area contributed by atoms with E-state index in [0.717, 1.165) is 28.1 Å². The van der Waals surface area contributed by atoms with Gasteiger partial charge in [-0.1, -0.05) is 60.7 Å². The van der Waals surface area contributed by atoms with Crippen molar-refractivity contribution in [3.05, 3.63) is 94.8 Å². The van der Waals surface area contributed by atoms with Gasteiger partial charge < -0.3 is 10.3 Å². The molecule has 0 fully saturated rings. The SMILES string of the molecule is Cc1cc(CNC(=O)C(c2ccccc2)c2ccccc2)c(C)[nH]1. The number of aromatic amines is 1. The van der Waals surface area contributed by atoms with Crippen LogP contribution in [0.15, 0.2) is 66.7 Å². The molecule has 0 spiro atoms. The monoisotopic (exact) mass is 318 g/mol. The summed E-state index contributed by atoms with van der Waals surface area (Å²) >= 11 is 0. The minimum atomic E-state index is -0.298. The maximum absolute atomic E-state index is 12.9. The molecule has 0 unspecified atom stereocenters. The quantitative estimate of drug-likeness (QED) is 0.731. The first-order chi connectivity index (χ1) is 11.6. The Hall–Kier alpha value is -2.81. The van der Waals surface area contributed by atoms with Gasteiger partial charge in [0.25, 0.3) is 0 Å². The number of hydrogen-bond acceptors (Lipinski definition) is 1. The molecule has 0 aliphatic rings. The number of aromatic nitrogens is 1. The minimum Gasteiger partial charge on any atom is -0.362 e. The van der Waals surface area contributed by atoms with Crippen LogP contribution in [-0.2, 0) is 11.3 Å². The minimum absolute atomic E-state index is 0.0191. The van der Waals surface area contributed by atoms with Gasteiger partial charge in [0.05, 0.1) is 5.92 Å². The van der Waals surface area contributed by atoms with Crippen molar-refractivity contribution in [2.45, 2.75) is 26.3 Å². The van der Waals surface area contributed by atoms with E-state index in [-0.39, 0.29) is 11.8 Å². The van der Waals surface area contributed by atoms with Crippen molar-refractivity contribution < 1.29 is 4.79 Å². The number of nitrogens with one attached hydrogen (secondary N) is 2. The highest BCUT2D eigenvalue weighted by atomic mass is 16.1. The fraction of sp³-hybridized carbons (Fsp3) is 0.190. The molecule has 0 atom stereocenters. The molecule has 0 aliphatic heterocycles. The summed E-state index contributed by atoms with van der Waals surface area (Å²) in [5, 5.41) is 3.09. The van der Waals surface area contributed by atoms with Gasteiger partial charge in [-0.2, -0.15) is 0 Å². The zero-order valence-electron chi connectivity index (χ0n) is 14.0. The Bertz CT molecular complexity index is 767. The van der Waals surface area contributed by atoms with Gasteiger partial charge in [0.1, 0.15) is 0 Å². The molecule has 0 bridgehead atoms. The summed E-state index contributed by atoms with van der Waals surface area (Å²) in [6.07, 6.45) is 0. The second-order valence-corrected chi connectivity index (χ2v) is 6.07. The summed E-state index contributed by atoms with van der Waals surface area (Å²) < 4.78 is 0. The smallest absolute Gasteiger partial charge is 0.232 e. The molecule has 0 aliphatic carbocycles. The van der Waals surface area contributed by atoms with Gasteiger partial charge in [-0.3, -0.25) is 4.79 Å². The van der Waals surface area contributed by atoms with E-state index in [1.54, 1.807) is 0 Å². The van der Waals surface area contributed by atoms with E-state index in [1.165, 1.54) is 0 Å². The molecular formula is C21H22N2O. The van der Waals surface area contributed by atoms with Crippen molar-refractivity contribution >= 4 is 5.91 Å². The zero-order chi connectivity index (χ0) is 16.9. The van der Waals surface area contributed by atoms with E-state index in [4.69, 9.17) is 0 Å². The summed E-state index contributed by atoms with van der Waals surface area (Å²) in [5.74, 6) is -0.279. The molecule has 2 N–H and O–H groups in total. The molecule has 1 heterocycles. The molecule has 0 saturated carbocycles. The maximum atomic E-state index is 12.9. The highest BCUT2D eigenvalue weighted by Crippen LogP contribution is 2.25. The Morgan fingerprint density at radius 1 is 0.958 bits per heavy atom. The van der Waals surface area contributed by atoms with Crippen LogP contribution in [0.1, 0.15) is 34.0 Å². The third kappa shape index (κ3) is 3.57. The second kappa shape index (κ2) is 7.18. The average molecular weight is 318 g/mol. The highest BCUT2D eigenvalue weighted by molar-refractivity contribution is 5.87. The average Bonchev–Trinajstić information content (AvgIpc) is 2.93. The molecule has 3 heteroatoms. The topological polar surface area (TPSA) is 44.9 Å². The Kier molecular flexibility index (Phi) is 4.80. The van der Waals surface area contributed by atoms with Crippen molar-refractivity contribution in [1.29, 1.82) is 0 Å². The van der Waals surface area contributed by atoms with Gasteiger partial charge in [0, 0.05) is 17.9 Å². The standard InChI is InChI=1S/C21H22N2O/c1-15-13-19(16(2)23-15)14-22-21(24)20(17-9-5-3-6-10-17)18-11-7-4-8-12-18/h3-13,20,23H,14H2,1-2H3,(H,22,24). The number of rotatable bonds is 5. The van der Waals surface area contributed by atoms with E-state index in [2.05, 4.69) is 16.4 Å². The largest absolute Gasteiger partial charge is 0.362 e. The van der Waals surface area contributed by atoms with E-state index in [0.29, 0.717) is 6.54 Å². The van der Waals surface area contributed by atoms with E-state index in [1.807, 2.05) is 74.5 Å². The van der Waals surface area contributed by atoms with Gasteiger partial charge in [-0.05, 0) is 36.6 Å². The maximum Gasteiger partial charge on any atom is 0.232 e. The Balaban J connectivity index is 1.83. The molecular weight excluding hydrogens is 296 g/mol. The Labute approximate surface area is 142 Å². The molecule has 3 aromatic rings. The first-order valence-electron chi connectivity index (χ1n) is 8.18. The second-order valence-electron chi connectivity index (χ2n) is 6.07. The van der Waals surface area contributed by atoms with Crippen LogP contribution in [-0.4, -0.2) is 10.9 Å². The van der Waals surface area contributed by atoms with Gasteiger partial charge in [-0.15, -0.1) is 0 Å². The van der Waals surface area contributed by atoms with Gasteiger partial charge in [0.2, 0.25) is 5.91 Å². The Morgan fingerprint density at radius 3 is 1.96 bits per heavy atom. The summed E-state index contributed by atoms with van der Waals surface area (Å²) in [5.41, 5.74) is 5.34. The highest BCUT2D eigenvalue weighted by Gasteiger charge is 2.22. The summed E-state index contributed by atoms with van der Waals surface area (Å²) in [7, 11) is 0. The first kappa shape index (κ1) is 16.1. The van der Waals surface area contributed by atoms with Crippen molar-refractivity contribution in [2.24, 2.45) is 0 Å². The number of carbonyl (C=O) groups excluding carboxylic acids is 1. The third-order valence-electron chi connectivity index (χ3n) is 4.24. The van der Waals surface area contributed by atoms with E-state index in [9.17, 15) is 4.79 Å². The van der Waals surface area contributed by atoms with Crippen LogP contribution in [0.4, 0.5) is 0 Å². The third-order valence-corrected chi connectivity index (χ3v) is 4.24. The Morgan fingerprint density at radius 2 is 1.50 bits per heavy atom. The molecule has 122 valence electrons. The lowest BCUT2D eigenvalue weighted by Crippen LogP contribution is -2.29. The van der Waals surface area contributed by atoms with Crippen LogP contribution in [0.3, 0.4) is 0 Å². The molecule has 0 saturated heterocycles. The van der Waals surface area contributed by atoms with Crippen LogP contribution < -0.4 is 5.32 Å². The lowest BCUT2D eigenvalue weighted by molar-refractivity contribution is -0.121. The van der Waals surface area contributed by atoms with Crippen molar-refractivity contribution in [3.8, 4) is 0 Å². The molecule has 24 heavy (non-hydrogen) atoms. The molecule has 1 amide bonds. The number of aryl methyl sites for hydroxylation is 2. The number of hydrogen-bond donors (Lipinski definition) is 2. The fourth-order valence-electron chi connectivity index (χ4n) is 3.04. The summed E-state index contributed by atoms with van der Waals surface area (Å²) in [6, 6.07) is 21.9. The van der Waals surface area contributed by atoms with Crippen molar-refractivity contribution in [2.75, 3.05) is 0 Å². The molecule has 2 aromatic carbocycles. The van der Waals surface area contributed by atoms with Gasteiger partial charge >= 0.3 is 0 Å². The summed E-state index contributed by atoms with van der Waals surface area (Å²) in [6.45, 7) is 4.58. The molecule has 3 rings (SSSR count). The van der Waals surface area contributed by atoms with Gasteiger partial charge in [-0.25, -0.2) is 0 Å². The number of amides is 1. The van der Waals surface area contributed by atoms with Crippen LogP contribution in [0.2, 0.25) is 0 Å². The van der Waals surface area contributed by atoms with E-state index < -0.39 is 0 Å². The number of benzene rings is 2. The van der Waals surface area contributed by atoms with Crippen LogP contribution in [0.25, 0.3) is 0 Å². The predicted octanol–water partition coefficient (Wildman–Crippen LogP) is 4.08. The van der Waals surface area contributed by atoms with Crippen molar-refractivity contribution in [1.82, 2.24) is 10.3 Å². The zero-order valence-corrected chi connectivity index (χ0v) is 14.0. The number of H-pyrrole nitrogens is 1. The summed E-state index contributed by atoms with van der Waals surface area (Å²) in [4.78, 5) is 16.2. The normalized spacial score (nSPS) is 10.8. The molecule has 0 radical (unpaired) electrons. The van der Waals surface area contributed by atoms with Crippen LogP contribution in [0, 0.1) is 13.8 Å². The predicted molar refractivity (Wildman–Crippen MR) is 96.8 cm³/mol. The van der Waals surface area contributed by atoms with Crippen LogP contribution >= 0.6 is 0 Å². The first-order valence-corrected chi connectivity index (χ1v) is 8.18. The fourth-order valence-corrected chi connectivity index (χ4v) is 3.04. The van der Waals surface area contributed by atoms with Crippen LogP contribution in [0.5, 0.6) is 0 Å². The van der Waals surface area contributed by atoms with Crippen molar-refractivity contribution in [3.63, 3.8) is 0 Å². The molecule has 1 aromatic heterocycles. The van der Waals surface area contributed by atoms with Gasteiger partial charge in [0.15, 0.2) is 0 Å². The number of carbonyl (C=O) groups is 1. The molecule has 3 nitrogen and oxygen atoms in total. The lowest BCUT2D eigenvalue weighted by atomic mass is 9.90.